The third-order valence-corrected chi connectivity index (χ3v) is 6.09. The maximum Gasteiger partial charge on any atom is 0.312 e. The highest BCUT2D eigenvalue weighted by Crippen LogP contribution is 2.39. The fourth-order valence-corrected chi connectivity index (χ4v) is 4.37. The second-order valence-corrected chi connectivity index (χ2v) is 9.70. The number of nitrogens with zero attached hydrogens (tertiary/aromatic N) is 1. The van der Waals surface area contributed by atoms with Gasteiger partial charge in [-0.3, -0.25) is 9.59 Å². The van der Waals surface area contributed by atoms with E-state index in [1.165, 1.54) is 5.56 Å². The van der Waals surface area contributed by atoms with Crippen LogP contribution in [0.3, 0.4) is 0 Å². The lowest BCUT2D eigenvalue weighted by Gasteiger charge is -2.41. The van der Waals surface area contributed by atoms with Crippen LogP contribution in [0.15, 0.2) is 24.3 Å². The average molecular weight is 402 g/mol. The number of ether oxygens (including phenoxy) is 2. The minimum Gasteiger partial charge on any atom is -0.490 e. The Morgan fingerprint density at radius 2 is 1.72 bits per heavy atom. The maximum atomic E-state index is 13.0. The minimum atomic E-state index is -0.461. The molecule has 29 heavy (non-hydrogen) atoms. The summed E-state index contributed by atoms with van der Waals surface area (Å²) in [6.07, 6.45) is 5.70. The Bertz CT molecular complexity index is 714. The quantitative estimate of drug-likeness (QED) is 0.655. The summed E-state index contributed by atoms with van der Waals surface area (Å²) in [5.74, 6) is 0.973. The highest BCUT2D eigenvalue weighted by atomic mass is 16.6. The minimum absolute atomic E-state index is 0.0192. The molecular weight excluding hydrogens is 366 g/mol. The highest BCUT2D eigenvalue weighted by Gasteiger charge is 2.43. The number of benzene rings is 1. The SMILES string of the molecule is CC(C)(C)CC(=O)N1CCC2(CCCCc3ccccc3OCCOC2=O)CC1. The van der Waals surface area contributed by atoms with Gasteiger partial charge in [0.25, 0.3) is 0 Å². The first-order valence-electron chi connectivity index (χ1n) is 10.9. The van der Waals surface area contributed by atoms with Crippen molar-refractivity contribution in [3.8, 4) is 5.75 Å². The number of carbonyl (C=O) groups is 2. The second-order valence-electron chi connectivity index (χ2n) is 9.70. The van der Waals surface area contributed by atoms with E-state index in [0.717, 1.165) is 31.4 Å². The van der Waals surface area contributed by atoms with Gasteiger partial charge in [-0.25, -0.2) is 0 Å². The van der Waals surface area contributed by atoms with Crippen molar-refractivity contribution in [1.82, 2.24) is 4.90 Å². The van der Waals surface area contributed by atoms with Gasteiger partial charge in [-0.1, -0.05) is 45.4 Å². The number of hydrogen-bond acceptors (Lipinski definition) is 4. The first-order valence-corrected chi connectivity index (χ1v) is 10.9. The molecule has 2 aliphatic heterocycles. The predicted molar refractivity (Wildman–Crippen MR) is 113 cm³/mol. The zero-order valence-electron chi connectivity index (χ0n) is 18.2. The van der Waals surface area contributed by atoms with Crippen LogP contribution < -0.4 is 4.74 Å². The number of rotatable bonds is 1. The van der Waals surface area contributed by atoms with Crippen LogP contribution in [0.1, 0.15) is 64.9 Å². The Hall–Kier alpha value is -2.04. The summed E-state index contributed by atoms with van der Waals surface area (Å²) in [4.78, 5) is 27.5. The van der Waals surface area contributed by atoms with E-state index in [0.29, 0.717) is 39.0 Å². The van der Waals surface area contributed by atoms with Crippen LogP contribution >= 0.6 is 0 Å². The van der Waals surface area contributed by atoms with E-state index in [1.54, 1.807) is 0 Å². The second kappa shape index (κ2) is 9.19. The lowest BCUT2D eigenvalue weighted by atomic mass is 9.74. The molecule has 2 heterocycles. The van der Waals surface area contributed by atoms with Crippen LogP contribution in [0.4, 0.5) is 0 Å². The van der Waals surface area contributed by atoms with E-state index in [1.807, 2.05) is 23.1 Å². The molecule has 5 nitrogen and oxygen atoms in total. The molecule has 5 heteroatoms. The molecule has 160 valence electrons. The number of carbonyl (C=O) groups excluding carboxylic acids is 2. The number of para-hydroxylation sites is 1. The largest absolute Gasteiger partial charge is 0.490 e. The van der Waals surface area contributed by atoms with E-state index >= 15 is 0 Å². The van der Waals surface area contributed by atoms with Gasteiger partial charge in [0, 0.05) is 19.5 Å². The van der Waals surface area contributed by atoms with Gasteiger partial charge in [0.1, 0.15) is 19.0 Å². The molecule has 1 spiro atoms. The Morgan fingerprint density at radius 3 is 2.45 bits per heavy atom. The zero-order valence-corrected chi connectivity index (χ0v) is 18.2. The number of esters is 1. The molecular formula is C24H35NO4. The van der Waals surface area contributed by atoms with Gasteiger partial charge in [0.2, 0.25) is 5.91 Å². The molecule has 0 saturated carbocycles. The topological polar surface area (TPSA) is 55.8 Å². The standard InChI is InChI=1S/C24H35NO4/c1-23(2,3)18-21(26)25-14-12-24(13-15-25)11-7-6-9-19-8-4-5-10-20(19)28-16-17-29-22(24)27/h4-5,8,10H,6-7,9,11-18H2,1-3H3. The molecule has 1 saturated heterocycles. The molecule has 1 aromatic carbocycles. The Balaban J connectivity index is 1.63. The Morgan fingerprint density at radius 1 is 1.03 bits per heavy atom. The van der Waals surface area contributed by atoms with E-state index < -0.39 is 5.41 Å². The van der Waals surface area contributed by atoms with Gasteiger partial charge in [0.15, 0.2) is 0 Å². The van der Waals surface area contributed by atoms with Crippen molar-refractivity contribution in [2.75, 3.05) is 26.3 Å². The number of amides is 1. The number of fused-ring (bicyclic) bond motifs is 1. The number of cyclic esters (lactones) is 1. The summed E-state index contributed by atoms with van der Waals surface area (Å²) in [5.41, 5.74) is 0.738. The average Bonchev–Trinajstić information content (AvgIpc) is 2.67. The molecule has 0 bridgehead atoms. The fourth-order valence-electron chi connectivity index (χ4n) is 4.37. The van der Waals surface area contributed by atoms with Crippen molar-refractivity contribution in [2.24, 2.45) is 10.8 Å². The van der Waals surface area contributed by atoms with Gasteiger partial charge >= 0.3 is 5.97 Å². The van der Waals surface area contributed by atoms with Crippen molar-refractivity contribution in [3.05, 3.63) is 29.8 Å². The highest BCUT2D eigenvalue weighted by molar-refractivity contribution is 5.79. The molecule has 0 radical (unpaired) electrons. The van der Waals surface area contributed by atoms with Crippen molar-refractivity contribution >= 4 is 11.9 Å². The fraction of sp³-hybridized carbons (Fsp3) is 0.667. The molecule has 0 aromatic heterocycles. The van der Waals surface area contributed by atoms with Crippen LogP contribution in [0.5, 0.6) is 5.75 Å². The first-order chi connectivity index (χ1) is 13.8. The molecule has 0 aliphatic carbocycles. The van der Waals surface area contributed by atoms with Gasteiger partial charge in [-0.15, -0.1) is 0 Å². The summed E-state index contributed by atoms with van der Waals surface area (Å²) < 4.78 is 11.5. The van der Waals surface area contributed by atoms with Gasteiger partial charge in [0.05, 0.1) is 5.41 Å². The summed E-state index contributed by atoms with van der Waals surface area (Å²) in [6.45, 7) is 8.17. The number of aryl methyl sites for hydroxylation is 1. The molecule has 0 unspecified atom stereocenters. The van der Waals surface area contributed by atoms with Crippen LogP contribution in [-0.4, -0.2) is 43.1 Å². The summed E-state index contributed by atoms with van der Waals surface area (Å²) in [6, 6.07) is 8.11. The van der Waals surface area contributed by atoms with Gasteiger partial charge in [-0.05, 0) is 49.1 Å². The predicted octanol–water partition coefficient (Wildman–Crippen LogP) is 4.38. The lowest BCUT2D eigenvalue weighted by Crippen LogP contribution is -2.48. The Kier molecular flexibility index (Phi) is 6.86. The first kappa shape index (κ1) is 21.7. The lowest BCUT2D eigenvalue weighted by molar-refractivity contribution is -0.162. The number of hydrogen-bond donors (Lipinski definition) is 0. The van der Waals surface area contributed by atoms with Crippen LogP contribution in [0.2, 0.25) is 0 Å². The maximum absolute atomic E-state index is 13.0. The van der Waals surface area contributed by atoms with E-state index in [9.17, 15) is 9.59 Å². The van der Waals surface area contributed by atoms with Crippen LogP contribution in [-0.2, 0) is 20.7 Å². The van der Waals surface area contributed by atoms with Crippen molar-refractivity contribution in [2.45, 2.75) is 65.7 Å². The molecule has 1 aromatic rings. The zero-order chi connectivity index (χ0) is 20.9. The molecule has 0 atom stereocenters. The molecule has 0 N–H and O–H groups in total. The Labute approximate surface area is 174 Å². The normalized spacial score (nSPS) is 20.7. The monoisotopic (exact) mass is 401 g/mol. The number of likely N-dealkylation sites (tertiary alicyclic amines) is 1. The molecule has 1 amide bonds. The van der Waals surface area contributed by atoms with Crippen molar-refractivity contribution < 1.29 is 19.1 Å². The van der Waals surface area contributed by atoms with E-state index in [4.69, 9.17) is 9.47 Å². The van der Waals surface area contributed by atoms with Crippen molar-refractivity contribution in [1.29, 1.82) is 0 Å². The third-order valence-electron chi connectivity index (χ3n) is 6.09. The van der Waals surface area contributed by atoms with Crippen LogP contribution in [0, 0.1) is 10.8 Å². The third kappa shape index (κ3) is 5.74. The molecule has 1 fully saturated rings. The summed E-state index contributed by atoms with van der Waals surface area (Å²) in [7, 11) is 0. The van der Waals surface area contributed by atoms with Gasteiger partial charge < -0.3 is 14.4 Å². The van der Waals surface area contributed by atoms with Crippen LogP contribution in [0.25, 0.3) is 0 Å². The molecule has 2 aliphatic rings. The number of piperidine rings is 1. The van der Waals surface area contributed by atoms with E-state index in [2.05, 4.69) is 26.8 Å². The summed E-state index contributed by atoms with van der Waals surface area (Å²) >= 11 is 0. The molecule has 3 rings (SSSR count). The van der Waals surface area contributed by atoms with E-state index in [-0.39, 0.29) is 23.9 Å². The van der Waals surface area contributed by atoms with Crippen molar-refractivity contribution in [3.63, 3.8) is 0 Å². The smallest absolute Gasteiger partial charge is 0.312 e. The summed E-state index contributed by atoms with van der Waals surface area (Å²) in [5, 5.41) is 0. The van der Waals surface area contributed by atoms with Gasteiger partial charge in [-0.2, -0.15) is 0 Å².